The van der Waals surface area contributed by atoms with Gasteiger partial charge in [0.25, 0.3) is 5.91 Å². The topological polar surface area (TPSA) is 89.7 Å². The lowest BCUT2D eigenvalue weighted by atomic mass is 9.88. The highest BCUT2D eigenvalue weighted by Crippen LogP contribution is 2.24. The zero-order chi connectivity index (χ0) is 17.6. The van der Waals surface area contributed by atoms with E-state index in [4.69, 9.17) is 10.00 Å². The van der Waals surface area contributed by atoms with E-state index in [1.165, 1.54) is 6.20 Å². The van der Waals surface area contributed by atoms with E-state index < -0.39 is 0 Å². The first-order valence-electron chi connectivity index (χ1n) is 8.76. The third kappa shape index (κ3) is 4.54. The molecule has 0 aliphatic carbocycles. The van der Waals surface area contributed by atoms with Gasteiger partial charge in [0.2, 0.25) is 0 Å². The predicted octanol–water partition coefficient (Wildman–Crippen LogP) is 0.356. The normalized spacial score (nSPS) is 24.7. The monoisotopic (exact) mass is 344 g/mol. The van der Waals surface area contributed by atoms with Gasteiger partial charge in [0.1, 0.15) is 11.8 Å². The smallest absolute Gasteiger partial charge is 0.255 e. The number of nitrogens with zero attached hydrogens (tertiary/aromatic N) is 4. The fraction of sp³-hybridized carbons (Fsp3) is 0.611. The van der Waals surface area contributed by atoms with Crippen LogP contribution in [-0.2, 0) is 4.74 Å². The van der Waals surface area contributed by atoms with Crippen LogP contribution < -0.4 is 0 Å². The molecule has 3 rings (SSSR count). The summed E-state index contributed by atoms with van der Waals surface area (Å²) in [6, 6.07) is 5.16. The van der Waals surface area contributed by atoms with Crippen LogP contribution >= 0.6 is 0 Å². The molecule has 1 aromatic heterocycles. The minimum atomic E-state index is -0.0814. The van der Waals surface area contributed by atoms with Crippen LogP contribution in [0.1, 0.15) is 22.5 Å². The van der Waals surface area contributed by atoms with Crippen LogP contribution in [0.2, 0.25) is 0 Å². The minimum absolute atomic E-state index is 0.0814. The van der Waals surface area contributed by atoms with Crippen molar-refractivity contribution in [2.24, 2.45) is 11.8 Å². The minimum Gasteiger partial charge on any atom is -0.396 e. The Morgan fingerprint density at radius 2 is 2.08 bits per heavy atom. The number of pyridine rings is 1. The predicted molar refractivity (Wildman–Crippen MR) is 90.8 cm³/mol. The molecule has 0 aromatic carbocycles. The van der Waals surface area contributed by atoms with Crippen LogP contribution in [0.25, 0.3) is 0 Å². The molecule has 7 nitrogen and oxygen atoms in total. The van der Waals surface area contributed by atoms with Crippen LogP contribution in [0.3, 0.4) is 0 Å². The van der Waals surface area contributed by atoms with Crippen molar-refractivity contribution in [3.8, 4) is 6.07 Å². The number of aliphatic hydroxyl groups is 1. The Labute approximate surface area is 147 Å². The number of carbonyl (C=O) groups is 1. The number of likely N-dealkylation sites (tertiary alicyclic amines) is 1. The van der Waals surface area contributed by atoms with E-state index in [1.54, 1.807) is 12.1 Å². The first-order valence-corrected chi connectivity index (χ1v) is 8.76. The van der Waals surface area contributed by atoms with Crippen molar-refractivity contribution in [3.63, 3.8) is 0 Å². The highest BCUT2D eigenvalue weighted by molar-refractivity contribution is 5.94. The van der Waals surface area contributed by atoms with Gasteiger partial charge in [-0.1, -0.05) is 0 Å². The molecular weight excluding hydrogens is 320 g/mol. The lowest BCUT2D eigenvalue weighted by Crippen LogP contribution is -2.49. The summed E-state index contributed by atoms with van der Waals surface area (Å²) in [5, 5.41) is 18.5. The van der Waals surface area contributed by atoms with Crippen molar-refractivity contribution in [2.45, 2.75) is 6.42 Å². The fourth-order valence-corrected chi connectivity index (χ4v) is 3.67. The SMILES string of the molecule is N#Cc1ccc(C(=O)N2C[C@@H](CN3CCOCC3)C[C@H](CO)C2)cn1. The average molecular weight is 344 g/mol. The maximum absolute atomic E-state index is 12.8. The quantitative estimate of drug-likeness (QED) is 0.848. The van der Waals surface area contributed by atoms with Crippen molar-refractivity contribution in [1.82, 2.24) is 14.8 Å². The molecule has 2 saturated heterocycles. The van der Waals surface area contributed by atoms with Crippen LogP contribution in [-0.4, -0.2) is 78.3 Å². The first-order chi connectivity index (χ1) is 12.2. The maximum Gasteiger partial charge on any atom is 0.255 e. The number of rotatable bonds is 4. The van der Waals surface area contributed by atoms with E-state index in [-0.39, 0.29) is 18.4 Å². The van der Waals surface area contributed by atoms with Gasteiger partial charge < -0.3 is 14.7 Å². The number of ether oxygens (including phenoxy) is 1. The largest absolute Gasteiger partial charge is 0.396 e. The van der Waals surface area contributed by atoms with Crippen molar-refractivity contribution >= 4 is 5.91 Å². The van der Waals surface area contributed by atoms with Crippen molar-refractivity contribution in [1.29, 1.82) is 5.26 Å². The Balaban J connectivity index is 1.66. The molecule has 25 heavy (non-hydrogen) atoms. The number of hydrogen-bond acceptors (Lipinski definition) is 6. The Bertz CT molecular complexity index is 622. The molecule has 2 atom stereocenters. The third-order valence-corrected chi connectivity index (χ3v) is 4.91. The number of nitriles is 1. The Morgan fingerprint density at radius 3 is 2.72 bits per heavy atom. The third-order valence-electron chi connectivity index (χ3n) is 4.91. The molecule has 7 heteroatoms. The van der Waals surface area contributed by atoms with Gasteiger partial charge in [-0.3, -0.25) is 9.69 Å². The molecule has 0 saturated carbocycles. The highest BCUT2D eigenvalue weighted by atomic mass is 16.5. The molecule has 1 N–H and O–H groups in total. The molecule has 0 unspecified atom stereocenters. The molecule has 2 fully saturated rings. The standard InChI is InChI=1S/C18H24N4O3/c19-8-17-2-1-16(9-20-17)18(24)22-11-14(7-15(12-22)13-23)10-21-3-5-25-6-4-21/h1-2,9,14-15,23H,3-7,10-13H2/t14-,15+/m1/s1. The summed E-state index contributed by atoms with van der Waals surface area (Å²) < 4.78 is 5.39. The number of hydrogen-bond donors (Lipinski definition) is 1. The van der Waals surface area contributed by atoms with Gasteiger partial charge >= 0.3 is 0 Å². The van der Waals surface area contributed by atoms with E-state index in [2.05, 4.69) is 9.88 Å². The summed E-state index contributed by atoms with van der Waals surface area (Å²) in [7, 11) is 0. The summed E-state index contributed by atoms with van der Waals surface area (Å²) in [5.41, 5.74) is 0.788. The van der Waals surface area contributed by atoms with Crippen LogP contribution in [0.4, 0.5) is 0 Å². The zero-order valence-electron chi connectivity index (χ0n) is 14.3. The van der Waals surface area contributed by atoms with E-state index in [0.717, 1.165) is 39.3 Å². The van der Waals surface area contributed by atoms with Crippen LogP contribution in [0.15, 0.2) is 18.3 Å². The number of carbonyl (C=O) groups excluding carboxylic acids is 1. The van der Waals surface area contributed by atoms with Crippen LogP contribution in [0, 0.1) is 23.2 Å². The average Bonchev–Trinajstić information content (AvgIpc) is 2.68. The number of aromatic nitrogens is 1. The lowest BCUT2D eigenvalue weighted by Gasteiger charge is -2.40. The van der Waals surface area contributed by atoms with E-state index in [9.17, 15) is 9.90 Å². The van der Waals surface area contributed by atoms with Gasteiger partial charge in [0.05, 0.1) is 18.8 Å². The lowest BCUT2D eigenvalue weighted by molar-refractivity contribution is 0.0130. The highest BCUT2D eigenvalue weighted by Gasteiger charge is 2.31. The van der Waals surface area contributed by atoms with Gasteiger partial charge in [-0.15, -0.1) is 0 Å². The number of amides is 1. The number of morpholine rings is 1. The van der Waals surface area contributed by atoms with Gasteiger partial charge in [0.15, 0.2) is 0 Å². The van der Waals surface area contributed by atoms with Crippen molar-refractivity contribution < 1.29 is 14.6 Å². The molecular formula is C18H24N4O3. The summed E-state index contributed by atoms with van der Waals surface area (Å²) in [6.45, 7) is 5.64. The molecule has 1 amide bonds. The van der Waals surface area contributed by atoms with E-state index in [1.807, 2.05) is 11.0 Å². The van der Waals surface area contributed by atoms with E-state index in [0.29, 0.717) is 30.3 Å². The molecule has 0 bridgehead atoms. The molecule has 134 valence electrons. The van der Waals surface area contributed by atoms with Crippen molar-refractivity contribution in [3.05, 3.63) is 29.6 Å². The first kappa shape index (κ1) is 17.8. The van der Waals surface area contributed by atoms with Gasteiger partial charge in [-0.05, 0) is 30.4 Å². The second kappa shape index (κ2) is 8.39. The Kier molecular flexibility index (Phi) is 5.97. The summed E-state index contributed by atoms with van der Waals surface area (Å²) in [4.78, 5) is 21.0. The second-order valence-electron chi connectivity index (χ2n) is 6.82. The molecule has 0 radical (unpaired) electrons. The fourth-order valence-electron chi connectivity index (χ4n) is 3.67. The maximum atomic E-state index is 12.8. The second-order valence-corrected chi connectivity index (χ2v) is 6.82. The molecule has 3 heterocycles. The molecule has 2 aliphatic rings. The zero-order valence-corrected chi connectivity index (χ0v) is 14.3. The summed E-state index contributed by atoms with van der Waals surface area (Å²) >= 11 is 0. The van der Waals surface area contributed by atoms with Gasteiger partial charge in [-0.25, -0.2) is 4.98 Å². The summed E-state index contributed by atoms with van der Waals surface area (Å²) in [6.07, 6.45) is 2.39. The molecule has 1 aromatic rings. The molecule has 2 aliphatic heterocycles. The Hall–Kier alpha value is -2.01. The van der Waals surface area contributed by atoms with Crippen molar-refractivity contribution in [2.75, 3.05) is 52.5 Å². The Morgan fingerprint density at radius 1 is 1.32 bits per heavy atom. The van der Waals surface area contributed by atoms with Gasteiger partial charge in [-0.2, -0.15) is 5.26 Å². The van der Waals surface area contributed by atoms with E-state index >= 15 is 0 Å². The summed E-state index contributed by atoms with van der Waals surface area (Å²) in [5.74, 6) is 0.372. The number of piperidine rings is 1. The number of aliphatic hydroxyl groups excluding tert-OH is 1. The van der Waals surface area contributed by atoms with Crippen LogP contribution in [0.5, 0.6) is 0 Å². The molecule has 0 spiro atoms. The van der Waals surface area contributed by atoms with Gasteiger partial charge in [0, 0.05) is 45.5 Å².